The van der Waals surface area contributed by atoms with Crippen molar-refractivity contribution in [1.82, 2.24) is 20.3 Å². The second-order valence-electron chi connectivity index (χ2n) is 13.7. The number of aromatic hydroxyl groups is 1. The minimum absolute atomic E-state index is 0.0151. The predicted molar refractivity (Wildman–Crippen MR) is 182 cm³/mol. The Balaban J connectivity index is 1.36. The van der Waals surface area contributed by atoms with E-state index in [4.69, 9.17) is 28.2 Å². The van der Waals surface area contributed by atoms with Crippen molar-refractivity contribution in [3.05, 3.63) is 57.0 Å². The molecule has 7 atom stereocenters. The van der Waals surface area contributed by atoms with Crippen molar-refractivity contribution in [2.75, 3.05) is 33.3 Å². The minimum atomic E-state index is -1.10. The molecule has 2 fully saturated rings. The van der Waals surface area contributed by atoms with Crippen molar-refractivity contribution in [2.45, 2.75) is 75.6 Å². The van der Waals surface area contributed by atoms with Crippen LogP contribution < -0.4 is 24.3 Å². The van der Waals surface area contributed by atoms with Gasteiger partial charge in [-0.3, -0.25) is 19.4 Å². The SMILES string of the molecule is COc1c(C)cc2c(c1O)[C@@H]1[C@@H]3[C@@H]4SCC(NC(=O)c5cc(C)on5)C(=O)OC[C@@H](c5c6c(c(C)c(OC(C)=O)c54)OCO6)N3[C@@H](C#N)[C@H](C2)N1C. The summed E-state index contributed by atoms with van der Waals surface area (Å²) in [5.41, 5.74) is 4.16. The number of benzene rings is 2. The number of nitrogens with one attached hydrogen (secondary N) is 1. The Morgan fingerprint density at radius 3 is 2.58 bits per heavy atom. The topological polar surface area (TPSA) is 186 Å². The molecule has 0 saturated carbocycles. The van der Waals surface area contributed by atoms with Gasteiger partial charge in [0.25, 0.3) is 5.91 Å². The van der Waals surface area contributed by atoms with Crippen molar-refractivity contribution in [2.24, 2.45) is 0 Å². The maximum absolute atomic E-state index is 13.8. The van der Waals surface area contributed by atoms with Crippen molar-refractivity contribution >= 4 is 29.6 Å². The highest BCUT2D eigenvalue weighted by Crippen LogP contribution is 2.64. The van der Waals surface area contributed by atoms with E-state index in [9.17, 15) is 24.8 Å². The first kappa shape index (κ1) is 34.1. The van der Waals surface area contributed by atoms with E-state index in [0.717, 1.165) is 11.1 Å². The number of thioether (sulfide) groups is 1. The molecule has 6 aliphatic rings. The van der Waals surface area contributed by atoms with Gasteiger partial charge in [-0.1, -0.05) is 11.2 Å². The molecule has 1 amide bonds. The van der Waals surface area contributed by atoms with Gasteiger partial charge in [0, 0.05) is 53.1 Å². The Kier molecular flexibility index (Phi) is 8.27. The molecular formula is C36H37N5O10S. The summed E-state index contributed by atoms with van der Waals surface area (Å²) in [6.07, 6.45) is 0.472. The first-order valence-electron chi connectivity index (χ1n) is 16.9. The molecule has 1 unspecified atom stereocenters. The zero-order valence-electron chi connectivity index (χ0n) is 29.3. The number of fused-ring (bicyclic) bond motifs is 10. The van der Waals surface area contributed by atoms with E-state index in [2.05, 4.69) is 26.3 Å². The van der Waals surface area contributed by atoms with Gasteiger partial charge in [-0.2, -0.15) is 5.26 Å². The molecule has 4 bridgehead atoms. The molecule has 6 aliphatic heterocycles. The summed E-state index contributed by atoms with van der Waals surface area (Å²) in [6, 6.07) is 2.11. The molecule has 15 nitrogen and oxygen atoms in total. The summed E-state index contributed by atoms with van der Waals surface area (Å²) < 4.78 is 34.9. The second kappa shape index (κ2) is 12.6. The number of methoxy groups -OCH3 is 1. The summed E-state index contributed by atoms with van der Waals surface area (Å²) >= 11 is 1.35. The average Bonchev–Trinajstić information content (AvgIpc) is 3.77. The molecule has 2 aromatic carbocycles. The number of aryl methyl sites for hydroxylation is 2. The Morgan fingerprint density at radius 2 is 1.88 bits per heavy atom. The molecule has 16 heteroatoms. The van der Waals surface area contributed by atoms with Gasteiger partial charge in [0.15, 0.2) is 28.7 Å². The summed E-state index contributed by atoms with van der Waals surface area (Å²) in [6.45, 7) is 6.33. The van der Waals surface area contributed by atoms with Gasteiger partial charge >= 0.3 is 11.9 Å². The number of aromatic nitrogens is 1. The number of piperazine rings is 1. The Bertz CT molecular complexity index is 2080. The number of carbonyl (C=O) groups is 3. The smallest absolute Gasteiger partial charge is 0.329 e. The number of nitriles is 1. The fraction of sp³-hybridized carbons (Fsp3) is 0.472. The van der Waals surface area contributed by atoms with Crippen LogP contribution in [0.5, 0.6) is 28.7 Å². The van der Waals surface area contributed by atoms with E-state index >= 15 is 0 Å². The van der Waals surface area contributed by atoms with Crippen LogP contribution in [0.25, 0.3) is 0 Å². The maximum Gasteiger partial charge on any atom is 0.329 e. The van der Waals surface area contributed by atoms with Crippen LogP contribution in [-0.2, 0) is 20.7 Å². The number of amides is 1. The lowest BCUT2D eigenvalue weighted by Crippen LogP contribution is -2.69. The van der Waals surface area contributed by atoms with E-state index in [1.807, 2.05) is 20.0 Å². The van der Waals surface area contributed by atoms with Gasteiger partial charge in [0.1, 0.15) is 30.2 Å². The van der Waals surface area contributed by atoms with Crippen molar-refractivity contribution in [3.63, 3.8) is 0 Å². The van der Waals surface area contributed by atoms with Crippen LogP contribution in [0.1, 0.15) is 73.9 Å². The molecule has 9 rings (SSSR count). The van der Waals surface area contributed by atoms with Gasteiger partial charge < -0.3 is 38.6 Å². The molecule has 0 aliphatic carbocycles. The number of esters is 2. The van der Waals surface area contributed by atoms with E-state index < -0.39 is 53.3 Å². The van der Waals surface area contributed by atoms with Crippen LogP contribution in [0, 0.1) is 32.1 Å². The van der Waals surface area contributed by atoms with Gasteiger partial charge in [-0.15, -0.1) is 11.8 Å². The molecule has 272 valence electrons. The van der Waals surface area contributed by atoms with Crippen LogP contribution in [-0.4, -0.2) is 95.4 Å². The fourth-order valence-electron chi connectivity index (χ4n) is 8.77. The van der Waals surface area contributed by atoms with Gasteiger partial charge in [-0.25, -0.2) is 4.79 Å². The number of phenols is 1. The van der Waals surface area contributed by atoms with Gasteiger partial charge in [0.05, 0.1) is 30.5 Å². The third-order valence-electron chi connectivity index (χ3n) is 10.8. The average molecular weight is 732 g/mol. The Labute approximate surface area is 303 Å². The van der Waals surface area contributed by atoms with E-state index in [1.165, 1.54) is 31.9 Å². The van der Waals surface area contributed by atoms with E-state index in [0.29, 0.717) is 57.4 Å². The molecule has 1 aromatic heterocycles. The molecule has 52 heavy (non-hydrogen) atoms. The minimum Gasteiger partial charge on any atom is -0.504 e. The zero-order valence-corrected chi connectivity index (χ0v) is 30.2. The lowest BCUT2D eigenvalue weighted by Gasteiger charge is -2.61. The molecule has 0 radical (unpaired) electrons. The third-order valence-corrected chi connectivity index (χ3v) is 12.2. The third kappa shape index (κ3) is 5.01. The normalized spacial score (nSPS) is 27.4. The van der Waals surface area contributed by atoms with Crippen LogP contribution in [0.15, 0.2) is 16.7 Å². The quantitative estimate of drug-likeness (QED) is 0.294. The summed E-state index contributed by atoms with van der Waals surface area (Å²) in [7, 11) is 3.46. The number of hydrogen-bond donors (Lipinski definition) is 2. The predicted octanol–water partition coefficient (Wildman–Crippen LogP) is 3.33. The number of ether oxygens (including phenoxy) is 5. The largest absolute Gasteiger partial charge is 0.504 e. The first-order chi connectivity index (χ1) is 24.9. The van der Waals surface area contributed by atoms with E-state index in [-0.39, 0.29) is 36.6 Å². The molecule has 3 aromatic rings. The standard InChI is InChI=1S/C36H37N5O10S/c1-14-7-18-9-21-22(10-37)41-23-11-47-36(45)20(38-35(44)19-8-15(2)51-39-19)12-52-34(28(41)27(40(21)5)24(18)29(43)30(14)46-6)26-25(23)33-32(48-13-49-33)16(3)31(26)50-17(4)42/h7-8,20-23,27-28,34,43H,9,11-13H2,1-6H3,(H,38,44)/t20?,21-,22-,23-,27+,28+,34+/m0/s1. The summed E-state index contributed by atoms with van der Waals surface area (Å²) in [5.74, 6) is 0.145. The number of hydrogen-bond acceptors (Lipinski definition) is 15. The van der Waals surface area contributed by atoms with Crippen LogP contribution in [0.3, 0.4) is 0 Å². The number of carbonyl (C=O) groups excluding carboxylic acids is 3. The number of likely N-dealkylation sites (N-methyl/N-ethyl adjacent to an activating group) is 1. The highest BCUT2D eigenvalue weighted by atomic mass is 32.2. The summed E-state index contributed by atoms with van der Waals surface area (Å²) in [5, 5.41) is 28.8. The number of rotatable bonds is 4. The molecular weight excluding hydrogens is 694 g/mol. The highest BCUT2D eigenvalue weighted by molar-refractivity contribution is 7.99. The molecule has 2 saturated heterocycles. The lowest BCUT2D eigenvalue weighted by atomic mass is 9.71. The van der Waals surface area contributed by atoms with Crippen LogP contribution in [0.2, 0.25) is 0 Å². The monoisotopic (exact) mass is 731 g/mol. The molecule has 0 spiro atoms. The van der Waals surface area contributed by atoms with E-state index in [1.54, 1.807) is 13.8 Å². The Morgan fingerprint density at radius 1 is 1.12 bits per heavy atom. The lowest BCUT2D eigenvalue weighted by molar-refractivity contribution is -0.151. The van der Waals surface area contributed by atoms with Crippen molar-refractivity contribution < 1.29 is 47.7 Å². The van der Waals surface area contributed by atoms with Crippen LogP contribution in [0.4, 0.5) is 0 Å². The first-order valence-corrected chi connectivity index (χ1v) is 17.9. The maximum atomic E-state index is 13.8. The molecule has 7 heterocycles. The second-order valence-corrected chi connectivity index (χ2v) is 14.9. The van der Waals surface area contributed by atoms with Gasteiger partial charge in [-0.05, 0) is 45.4 Å². The summed E-state index contributed by atoms with van der Waals surface area (Å²) in [4.78, 5) is 44.0. The number of phenolic OH excluding ortho intramolecular Hbond substituents is 1. The van der Waals surface area contributed by atoms with Crippen molar-refractivity contribution in [3.8, 4) is 34.8 Å². The zero-order chi connectivity index (χ0) is 36.7. The number of nitrogens with zero attached hydrogens (tertiary/aromatic N) is 4. The fourth-order valence-corrected chi connectivity index (χ4v) is 10.3. The highest BCUT2D eigenvalue weighted by Gasteiger charge is 2.60. The van der Waals surface area contributed by atoms with Crippen LogP contribution >= 0.6 is 11.8 Å². The Hall–Kier alpha value is -4.98. The molecule has 2 N–H and O–H groups in total. The van der Waals surface area contributed by atoms with Gasteiger partial charge in [0.2, 0.25) is 6.79 Å². The van der Waals surface area contributed by atoms with Crippen molar-refractivity contribution in [1.29, 1.82) is 5.26 Å².